The van der Waals surface area contributed by atoms with E-state index < -0.39 is 17.9 Å². The molecule has 7 heteroatoms. The van der Waals surface area contributed by atoms with Gasteiger partial charge in [-0.05, 0) is 67.3 Å². The molecule has 200 valence electrons. The van der Waals surface area contributed by atoms with Crippen LogP contribution in [0.25, 0.3) is 21.9 Å². The van der Waals surface area contributed by atoms with E-state index in [2.05, 4.69) is 4.98 Å². The van der Waals surface area contributed by atoms with Crippen LogP contribution >= 0.6 is 0 Å². The van der Waals surface area contributed by atoms with Crippen LogP contribution in [0.2, 0.25) is 0 Å². The number of furan rings is 1. The van der Waals surface area contributed by atoms with E-state index in [9.17, 15) is 9.59 Å². The predicted molar refractivity (Wildman–Crippen MR) is 150 cm³/mol. The Morgan fingerprint density at radius 2 is 1.57 bits per heavy atom. The fraction of sp³-hybridized carbons (Fsp3) is 0.242. The Balaban J connectivity index is 1.14. The molecule has 3 aromatic carbocycles. The Kier molecular flexibility index (Phi) is 6.28. The normalized spacial score (nSPS) is 16.6. The first-order valence-corrected chi connectivity index (χ1v) is 13.8. The fourth-order valence-electron chi connectivity index (χ4n) is 5.80. The van der Waals surface area contributed by atoms with E-state index in [4.69, 9.17) is 14.0 Å². The van der Waals surface area contributed by atoms with Gasteiger partial charge in [0, 0.05) is 10.8 Å². The molecule has 2 aliphatic rings. The maximum absolute atomic E-state index is 13.1. The third-order valence-electron chi connectivity index (χ3n) is 7.88. The van der Waals surface area contributed by atoms with Crippen molar-refractivity contribution in [2.45, 2.75) is 44.8 Å². The van der Waals surface area contributed by atoms with Crippen LogP contribution in [-0.2, 0) is 11.4 Å². The summed E-state index contributed by atoms with van der Waals surface area (Å²) < 4.78 is 12.3. The first-order valence-electron chi connectivity index (χ1n) is 13.8. The van der Waals surface area contributed by atoms with Gasteiger partial charge in [0.15, 0.2) is 0 Å². The molecule has 2 aromatic heterocycles. The van der Waals surface area contributed by atoms with Crippen molar-refractivity contribution >= 4 is 33.7 Å². The number of carbonyl (C=O) groups excluding carboxylic acids is 2. The lowest BCUT2D eigenvalue weighted by Gasteiger charge is -2.30. The number of amides is 2. The zero-order valence-electron chi connectivity index (χ0n) is 21.9. The quantitative estimate of drug-likeness (QED) is 0.203. The number of pyridine rings is 1. The van der Waals surface area contributed by atoms with Crippen LogP contribution < -0.4 is 4.74 Å². The number of aromatic nitrogens is 1. The number of benzene rings is 3. The van der Waals surface area contributed by atoms with Gasteiger partial charge in [0.25, 0.3) is 11.8 Å². The maximum Gasteiger partial charge on any atom is 0.285 e. The van der Waals surface area contributed by atoms with Gasteiger partial charge >= 0.3 is 0 Å². The van der Waals surface area contributed by atoms with Gasteiger partial charge in [0.2, 0.25) is 0 Å². The minimum atomic E-state index is -0.555. The van der Waals surface area contributed by atoms with E-state index in [-0.39, 0.29) is 5.92 Å². The number of para-hydroxylation sites is 1. The number of fused-ring (bicyclic) bond motifs is 3. The van der Waals surface area contributed by atoms with Gasteiger partial charge in [0.05, 0.1) is 22.3 Å². The molecule has 1 fully saturated rings. The van der Waals surface area contributed by atoms with E-state index in [0.717, 1.165) is 52.7 Å². The highest BCUT2D eigenvalue weighted by molar-refractivity contribution is 6.20. The number of hydroxylamine groups is 2. The highest BCUT2D eigenvalue weighted by atomic mass is 16.7. The van der Waals surface area contributed by atoms with E-state index in [1.54, 1.807) is 24.3 Å². The molecule has 0 spiro atoms. The van der Waals surface area contributed by atoms with Gasteiger partial charge < -0.3 is 9.15 Å². The molecule has 1 unspecified atom stereocenters. The molecule has 0 radical (unpaired) electrons. The molecule has 1 atom stereocenters. The zero-order valence-corrected chi connectivity index (χ0v) is 21.9. The van der Waals surface area contributed by atoms with Crippen LogP contribution in [-0.4, -0.2) is 21.9 Å². The molecule has 2 amide bonds. The summed E-state index contributed by atoms with van der Waals surface area (Å²) in [7, 11) is 0. The molecular formula is C33H28N2O5. The molecule has 40 heavy (non-hydrogen) atoms. The van der Waals surface area contributed by atoms with Gasteiger partial charge in [-0.15, -0.1) is 5.06 Å². The van der Waals surface area contributed by atoms with E-state index in [1.165, 1.54) is 6.42 Å². The summed E-state index contributed by atoms with van der Waals surface area (Å²) in [6, 6.07) is 26.5. The summed E-state index contributed by atoms with van der Waals surface area (Å²) in [4.78, 5) is 37.1. The van der Waals surface area contributed by atoms with Gasteiger partial charge in [-0.25, -0.2) is 4.98 Å². The lowest BCUT2D eigenvalue weighted by molar-refractivity contribution is -0.161. The Morgan fingerprint density at radius 3 is 2.38 bits per heavy atom. The number of hydrogen-bond acceptors (Lipinski definition) is 6. The topological polar surface area (TPSA) is 81.9 Å². The van der Waals surface area contributed by atoms with Crippen molar-refractivity contribution < 1.29 is 23.6 Å². The summed E-state index contributed by atoms with van der Waals surface area (Å²) in [5.74, 6) is 0.566. The van der Waals surface area contributed by atoms with Crippen LogP contribution in [0.4, 0.5) is 0 Å². The van der Waals surface area contributed by atoms with E-state index in [0.29, 0.717) is 34.8 Å². The Bertz CT molecular complexity index is 1700. The fourth-order valence-corrected chi connectivity index (χ4v) is 5.80. The minimum absolute atomic E-state index is 0.133. The van der Waals surface area contributed by atoms with E-state index >= 15 is 0 Å². The molecular weight excluding hydrogens is 504 g/mol. The Labute approximate surface area is 231 Å². The molecule has 7 rings (SSSR count). The maximum atomic E-state index is 13.1. The number of ether oxygens (including phenoxy) is 1. The highest BCUT2D eigenvalue weighted by Gasteiger charge is 2.41. The standard InChI is InChI=1S/C33H28N2O5/c36-32-26-11-5-6-12-27(26)33(37)35(32)40-31(22-9-2-1-3-10-22)30-19-23-18-25(16-17-29(23)39-30)38-20-24-15-14-21-8-4-7-13-28(21)34-24/h4-8,11-19,22,31H,1-3,9-10,20H2. The summed E-state index contributed by atoms with van der Waals surface area (Å²) in [6.45, 7) is 0.342. The lowest BCUT2D eigenvalue weighted by Crippen LogP contribution is -2.34. The first kappa shape index (κ1) is 24.5. The van der Waals surface area contributed by atoms with Crippen LogP contribution in [0.3, 0.4) is 0 Å². The predicted octanol–water partition coefficient (Wildman–Crippen LogP) is 7.41. The van der Waals surface area contributed by atoms with Crippen molar-refractivity contribution in [2.24, 2.45) is 5.92 Å². The average molecular weight is 533 g/mol. The van der Waals surface area contributed by atoms with Crippen molar-refractivity contribution in [3.05, 3.63) is 108 Å². The van der Waals surface area contributed by atoms with Crippen LogP contribution in [0.15, 0.2) is 89.3 Å². The monoisotopic (exact) mass is 532 g/mol. The van der Waals surface area contributed by atoms with Crippen LogP contribution in [0, 0.1) is 5.92 Å². The van der Waals surface area contributed by atoms with Crippen molar-refractivity contribution in [1.29, 1.82) is 0 Å². The smallest absolute Gasteiger partial charge is 0.285 e. The van der Waals surface area contributed by atoms with Gasteiger partial charge in [-0.1, -0.05) is 55.7 Å². The molecule has 1 saturated carbocycles. The SMILES string of the molecule is O=C1c2ccccc2C(=O)N1OC(c1cc2cc(OCc3ccc4ccccc4n3)ccc2o1)C1CCCCC1. The van der Waals surface area contributed by atoms with Crippen molar-refractivity contribution in [2.75, 3.05) is 0 Å². The molecule has 0 bridgehead atoms. The molecule has 1 aliphatic carbocycles. The Morgan fingerprint density at radius 1 is 0.825 bits per heavy atom. The van der Waals surface area contributed by atoms with Crippen molar-refractivity contribution in [1.82, 2.24) is 10.0 Å². The number of rotatable bonds is 7. The van der Waals surface area contributed by atoms with Gasteiger partial charge in [-0.2, -0.15) is 0 Å². The molecule has 7 nitrogen and oxygen atoms in total. The summed E-state index contributed by atoms with van der Waals surface area (Å²) in [5, 5.41) is 2.88. The summed E-state index contributed by atoms with van der Waals surface area (Å²) >= 11 is 0. The number of imide groups is 1. The number of carbonyl (C=O) groups is 2. The lowest BCUT2D eigenvalue weighted by atomic mass is 9.84. The van der Waals surface area contributed by atoms with Crippen LogP contribution in [0.1, 0.15) is 70.4 Å². The molecule has 1 aliphatic heterocycles. The molecule has 0 N–H and O–H groups in total. The number of hydrogen-bond donors (Lipinski definition) is 0. The second kappa shape index (κ2) is 10.2. The first-order chi connectivity index (χ1) is 19.6. The summed E-state index contributed by atoms with van der Waals surface area (Å²) in [5.41, 5.74) is 3.20. The second-order valence-electron chi connectivity index (χ2n) is 10.5. The third-order valence-corrected chi connectivity index (χ3v) is 7.88. The largest absolute Gasteiger partial charge is 0.487 e. The second-order valence-corrected chi connectivity index (χ2v) is 10.5. The molecule has 0 saturated heterocycles. The van der Waals surface area contributed by atoms with Crippen molar-refractivity contribution in [3.63, 3.8) is 0 Å². The highest BCUT2D eigenvalue weighted by Crippen LogP contribution is 2.41. The summed E-state index contributed by atoms with van der Waals surface area (Å²) in [6.07, 6.45) is 4.65. The van der Waals surface area contributed by atoms with Crippen LogP contribution in [0.5, 0.6) is 5.75 Å². The number of nitrogens with zero attached hydrogens (tertiary/aromatic N) is 2. The molecule has 5 aromatic rings. The van der Waals surface area contributed by atoms with Gasteiger partial charge in [0.1, 0.15) is 29.8 Å². The minimum Gasteiger partial charge on any atom is -0.487 e. The molecule has 3 heterocycles. The van der Waals surface area contributed by atoms with Gasteiger partial charge in [-0.3, -0.25) is 14.4 Å². The zero-order chi connectivity index (χ0) is 27.1. The Hall–Kier alpha value is -4.49. The average Bonchev–Trinajstić information content (AvgIpc) is 3.53. The van der Waals surface area contributed by atoms with Crippen molar-refractivity contribution in [3.8, 4) is 5.75 Å². The third kappa shape index (κ3) is 4.52. The van der Waals surface area contributed by atoms with E-state index in [1.807, 2.05) is 60.7 Å².